The second-order valence-corrected chi connectivity index (χ2v) is 6.89. The first-order chi connectivity index (χ1) is 10.0. The normalized spacial score (nSPS) is 10.8. The van der Waals surface area contributed by atoms with Gasteiger partial charge < -0.3 is 5.32 Å². The fourth-order valence-corrected chi connectivity index (χ4v) is 3.03. The standard InChI is InChI=1S/C14H10IN3O2S/c1-8-7-18-13(20)11(6-16-14(18)21-8)12(19)17-10-4-2-9(15)3-5-10/h2-7H,1H3,(H,17,19). The highest BCUT2D eigenvalue weighted by Crippen LogP contribution is 2.14. The van der Waals surface area contributed by atoms with Crippen molar-refractivity contribution in [2.45, 2.75) is 6.92 Å². The zero-order valence-corrected chi connectivity index (χ0v) is 13.9. The molecule has 0 aliphatic rings. The van der Waals surface area contributed by atoms with Crippen LogP contribution in [-0.4, -0.2) is 15.3 Å². The summed E-state index contributed by atoms with van der Waals surface area (Å²) >= 11 is 3.60. The van der Waals surface area contributed by atoms with Crippen LogP contribution in [0.4, 0.5) is 5.69 Å². The molecule has 0 aliphatic heterocycles. The minimum absolute atomic E-state index is 0.0313. The molecule has 3 aromatic rings. The van der Waals surface area contributed by atoms with Gasteiger partial charge in [-0.2, -0.15) is 0 Å². The lowest BCUT2D eigenvalue weighted by atomic mass is 10.2. The number of carbonyl (C=O) groups is 1. The average molecular weight is 411 g/mol. The molecule has 0 radical (unpaired) electrons. The quantitative estimate of drug-likeness (QED) is 0.660. The average Bonchev–Trinajstić information content (AvgIpc) is 2.83. The van der Waals surface area contributed by atoms with E-state index in [1.807, 2.05) is 19.1 Å². The maximum absolute atomic E-state index is 12.3. The number of hydrogen-bond donors (Lipinski definition) is 1. The van der Waals surface area contributed by atoms with Gasteiger partial charge in [0.25, 0.3) is 11.5 Å². The maximum Gasteiger partial charge on any atom is 0.271 e. The lowest BCUT2D eigenvalue weighted by molar-refractivity contribution is 0.102. The number of halogens is 1. The second kappa shape index (κ2) is 5.57. The molecule has 0 bridgehead atoms. The lowest BCUT2D eigenvalue weighted by Crippen LogP contribution is -2.25. The van der Waals surface area contributed by atoms with Crippen LogP contribution in [0.1, 0.15) is 15.2 Å². The minimum Gasteiger partial charge on any atom is -0.322 e. The van der Waals surface area contributed by atoms with Crippen molar-refractivity contribution in [2.24, 2.45) is 0 Å². The van der Waals surface area contributed by atoms with Crippen LogP contribution < -0.4 is 10.9 Å². The van der Waals surface area contributed by atoms with Gasteiger partial charge in [0.2, 0.25) is 0 Å². The number of amides is 1. The molecule has 0 aliphatic carbocycles. The molecule has 0 saturated heterocycles. The summed E-state index contributed by atoms with van der Waals surface area (Å²) in [5.41, 5.74) is 0.322. The second-order valence-electron chi connectivity index (χ2n) is 4.43. The SMILES string of the molecule is Cc1cn2c(=O)c(C(=O)Nc3ccc(I)cc3)cnc2s1. The van der Waals surface area contributed by atoms with Crippen molar-refractivity contribution in [2.75, 3.05) is 5.32 Å². The van der Waals surface area contributed by atoms with Crippen molar-refractivity contribution >= 4 is 50.5 Å². The Bertz CT molecular complexity index is 883. The Morgan fingerprint density at radius 2 is 2.05 bits per heavy atom. The number of fused-ring (bicyclic) bond motifs is 1. The molecule has 1 amide bonds. The molecule has 21 heavy (non-hydrogen) atoms. The predicted molar refractivity (Wildman–Crippen MR) is 91.2 cm³/mol. The van der Waals surface area contributed by atoms with E-state index < -0.39 is 5.91 Å². The molecule has 0 saturated carbocycles. The monoisotopic (exact) mass is 411 g/mol. The number of aromatic nitrogens is 2. The van der Waals surface area contributed by atoms with E-state index in [1.165, 1.54) is 21.9 Å². The highest BCUT2D eigenvalue weighted by atomic mass is 127. The molecule has 2 heterocycles. The number of nitrogens with zero attached hydrogens (tertiary/aromatic N) is 2. The number of carbonyl (C=O) groups excluding carboxylic acids is 1. The zero-order valence-electron chi connectivity index (χ0n) is 11.0. The van der Waals surface area contributed by atoms with Crippen molar-refractivity contribution in [3.63, 3.8) is 0 Å². The van der Waals surface area contributed by atoms with Crippen molar-refractivity contribution in [3.8, 4) is 0 Å². The van der Waals surface area contributed by atoms with E-state index in [0.717, 1.165) is 8.45 Å². The molecule has 0 unspecified atom stereocenters. The third kappa shape index (κ3) is 2.84. The molecular formula is C14H10IN3O2S. The van der Waals surface area contributed by atoms with Crippen molar-refractivity contribution in [1.82, 2.24) is 9.38 Å². The fourth-order valence-electron chi connectivity index (χ4n) is 1.88. The van der Waals surface area contributed by atoms with Gasteiger partial charge in [-0.15, -0.1) is 11.3 Å². The van der Waals surface area contributed by atoms with E-state index in [-0.39, 0.29) is 11.1 Å². The number of anilines is 1. The summed E-state index contributed by atoms with van der Waals surface area (Å²) in [6.07, 6.45) is 3.02. The number of benzene rings is 1. The largest absolute Gasteiger partial charge is 0.322 e. The van der Waals surface area contributed by atoms with Gasteiger partial charge in [-0.1, -0.05) is 0 Å². The van der Waals surface area contributed by atoms with Gasteiger partial charge >= 0.3 is 0 Å². The summed E-state index contributed by atoms with van der Waals surface area (Å²) in [6, 6.07) is 7.34. The Kier molecular flexibility index (Phi) is 3.77. The Labute approximate surface area is 137 Å². The summed E-state index contributed by atoms with van der Waals surface area (Å²) in [5.74, 6) is -0.452. The van der Waals surface area contributed by atoms with E-state index in [4.69, 9.17) is 0 Å². The van der Waals surface area contributed by atoms with Gasteiger partial charge in [-0.25, -0.2) is 4.98 Å². The zero-order chi connectivity index (χ0) is 15.0. The summed E-state index contributed by atoms with van der Waals surface area (Å²) in [5, 5.41) is 2.71. The molecule has 0 fully saturated rings. The smallest absolute Gasteiger partial charge is 0.271 e. The molecule has 5 nitrogen and oxygen atoms in total. The fraction of sp³-hybridized carbons (Fsp3) is 0.0714. The third-order valence-electron chi connectivity index (χ3n) is 2.87. The first kappa shape index (κ1) is 14.2. The van der Waals surface area contributed by atoms with E-state index in [2.05, 4.69) is 32.9 Å². The first-order valence-electron chi connectivity index (χ1n) is 6.09. The Hall–Kier alpha value is -1.74. The maximum atomic E-state index is 12.3. The first-order valence-corrected chi connectivity index (χ1v) is 7.99. The predicted octanol–water partition coefficient (Wildman–Crippen LogP) is 2.92. The van der Waals surface area contributed by atoms with Crippen LogP contribution in [-0.2, 0) is 0 Å². The van der Waals surface area contributed by atoms with Crippen LogP contribution in [0.5, 0.6) is 0 Å². The summed E-state index contributed by atoms with van der Waals surface area (Å²) in [4.78, 5) is 30.2. The molecule has 0 atom stereocenters. The molecule has 3 rings (SSSR count). The number of nitrogens with one attached hydrogen (secondary N) is 1. The topological polar surface area (TPSA) is 63.5 Å². The van der Waals surface area contributed by atoms with E-state index in [1.54, 1.807) is 18.3 Å². The lowest BCUT2D eigenvalue weighted by Gasteiger charge is -2.04. The molecular weight excluding hydrogens is 401 g/mol. The van der Waals surface area contributed by atoms with E-state index in [0.29, 0.717) is 10.6 Å². The summed E-state index contributed by atoms with van der Waals surface area (Å²) in [7, 11) is 0. The van der Waals surface area contributed by atoms with Crippen LogP contribution in [0.2, 0.25) is 0 Å². The van der Waals surface area contributed by atoms with Gasteiger partial charge in [-0.3, -0.25) is 14.0 Å². The Morgan fingerprint density at radius 1 is 1.33 bits per heavy atom. The number of thiazole rings is 1. The number of hydrogen-bond acceptors (Lipinski definition) is 4. The van der Waals surface area contributed by atoms with Crippen molar-refractivity contribution in [3.05, 3.63) is 61.0 Å². The van der Waals surface area contributed by atoms with Gasteiger partial charge in [-0.05, 0) is 53.8 Å². The molecule has 7 heteroatoms. The molecule has 0 spiro atoms. The van der Waals surface area contributed by atoms with Crippen LogP contribution >= 0.6 is 33.9 Å². The third-order valence-corrected chi connectivity index (χ3v) is 4.50. The van der Waals surface area contributed by atoms with Crippen molar-refractivity contribution < 1.29 is 4.79 Å². The summed E-state index contributed by atoms with van der Waals surface area (Å²) < 4.78 is 2.48. The van der Waals surface area contributed by atoms with Crippen LogP contribution in [0.25, 0.3) is 4.96 Å². The number of rotatable bonds is 2. The minimum atomic E-state index is -0.452. The van der Waals surface area contributed by atoms with Gasteiger partial charge in [0.1, 0.15) is 5.56 Å². The molecule has 106 valence electrons. The van der Waals surface area contributed by atoms with Gasteiger partial charge in [0.15, 0.2) is 4.96 Å². The Morgan fingerprint density at radius 3 is 2.76 bits per heavy atom. The number of aryl methyl sites for hydroxylation is 1. The van der Waals surface area contributed by atoms with Gasteiger partial charge in [0, 0.05) is 26.5 Å². The van der Waals surface area contributed by atoms with Crippen LogP contribution in [0.15, 0.2) is 41.5 Å². The van der Waals surface area contributed by atoms with Crippen LogP contribution in [0, 0.1) is 10.5 Å². The van der Waals surface area contributed by atoms with E-state index >= 15 is 0 Å². The highest BCUT2D eigenvalue weighted by molar-refractivity contribution is 14.1. The molecule has 2 aromatic heterocycles. The highest BCUT2D eigenvalue weighted by Gasteiger charge is 2.14. The van der Waals surface area contributed by atoms with Crippen LogP contribution in [0.3, 0.4) is 0 Å². The van der Waals surface area contributed by atoms with Crippen molar-refractivity contribution in [1.29, 1.82) is 0 Å². The molecule has 1 N–H and O–H groups in total. The van der Waals surface area contributed by atoms with E-state index in [9.17, 15) is 9.59 Å². The Balaban J connectivity index is 1.96. The molecule has 1 aromatic carbocycles. The van der Waals surface area contributed by atoms with Gasteiger partial charge in [0.05, 0.1) is 0 Å². The summed E-state index contributed by atoms with van der Waals surface area (Å²) in [6.45, 7) is 1.89.